The minimum atomic E-state index is -5.06. The predicted octanol–water partition coefficient (Wildman–Crippen LogP) is 5.49. The van der Waals surface area contributed by atoms with Gasteiger partial charge in [-0.2, -0.15) is 26.3 Å². The van der Waals surface area contributed by atoms with Gasteiger partial charge in [-0.05, 0) is 47.5 Å². The number of hydrogen-bond donors (Lipinski definition) is 2. The standard InChI is InChI=1S/C19H13BrClF6NO3/c20-14-2-1-13(21)6-10(14)7-15(17(30)31)28-16(29)5-9-3-11(18(22,23)24)8-12(4-9)19(25,26)27/h1-4,6,8,15H,5,7H2,(H,28,29)(H,30,31)/t15-/m1/s1. The van der Waals surface area contributed by atoms with E-state index in [-0.39, 0.29) is 12.5 Å². The predicted molar refractivity (Wildman–Crippen MR) is 103 cm³/mol. The third-order valence-electron chi connectivity index (χ3n) is 4.08. The largest absolute Gasteiger partial charge is 0.480 e. The average Bonchev–Trinajstić information content (AvgIpc) is 2.62. The first-order chi connectivity index (χ1) is 14.2. The van der Waals surface area contributed by atoms with E-state index in [9.17, 15) is 41.0 Å². The Morgan fingerprint density at radius 2 is 1.55 bits per heavy atom. The topological polar surface area (TPSA) is 66.4 Å². The number of carboxylic acid groups (broad SMARTS) is 1. The number of carboxylic acids is 1. The summed E-state index contributed by atoms with van der Waals surface area (Å²) in [5.41, 5.74) is -3.27. The van der Waals surface area contributed by atoms with Crippen LogP contribution in [0.25, 0.3) is 0 Å². The Kier molecular flexibility index (Phi) is 7.64. The highest BCUT2D eigenvalue weighted by Crippen LogP contribution is 2.36. The second-order valence-electron chi connectivity index (χ2n) is 6.49. The van der Waals surface area contributed by atoms with Crippen LogP contribution in [0.1, 0.15) is 22.3 Å². The zero-order chi connectivity index (χ0) is 23.6. The molecule has 0 aliphatic rings. The second kappa shape index (κ2) is 9.47. The third kappa shape index (κ3) is 7.13. The van der Waals surface area contributed by atoms with Crippen molar-refractivity contribution in [1.29, 1.82) is 0 Å². The lowest BCUT2D eigenvalue weighted by molar-refractivity contribution is -0.143. The Labute approximate surface area is 185 Å². The van der Waals surface area contributed by atoms with Crippen molar-refractivity contribution in [2.75, 3.05) is 0 Å². The van der Waals surface area contributed by atoms with Gasteiger partial charge in [-0.3, -0.25) is 4.79 Å². The molecule has 0 aliphatic carbocycles. The molecule has 168 valence electrons. The summed E-state index contributed by atoms with van der Waals surface area (Å²) in [5.74, 6) is -2.50. The molecule has 0 fully saturated rings. The Hall–Kier alpha value is -2.27. The highest BCUT2D eigenvalue weighted by atomic mass is 79.9. The molecule has 4 nitrogen and oxygen atoms in total. The minimum absolute atomic E-state index is 0.0574. The summed E-state index contributed by atoms with van der Waals surface area (Å²) in [4.78, 5) is 23.7. The smallest absolute Gasteiger partial charge is 0.416 e. The SMILES string of the molecule is O=C(Cc1cc(C(F)(F)F)cc(C(F)(F)F)c1)N[C@H](Cc1cc(Cl)ccc1Br)C(=O)O. The highest BCUT2D eigenvalue weighted by Gasteiger charge is 2.37. The van der Waals surface area contributed by atoms with Gasteiger partial charge in [-0.1, -0.05) is 27.5 Å². The van der Waals surface area contributed by atoms with Crippen LogP contribution in [0.3, 0.4) is 0 Å². The third-order valence-corrected chi connectivity index (χ3v) is 5.09. The molecule has 2 aromatic rings. The first-order valence-corrected chi connectivity index (χ1v) is 9.58. The van der Waals surface area contributed by atoms with Crippen molar-refractivity contribution in [2.45, 2.75) is 31.2 Å². The first kappa shape index (κ1) is 25.0. The lowest BCUT2D eigenvalue weighted by Crippen LogP contribution is -2.43. The van der Waals surface area contributed by atoms with Gasteiger partial charge in [0.1, 0.15) is 6.04 Å². The van der Waals surface area contributed by atoms with Crippen LogP contribution in [0, 0.1) is 0 Å². The minimum Gasteiger partial charge on any atom is -0.480 e. The lowest BCUT2D eigenvalue weighted by atomic mass is 10.0. The number of halogens is 8. The Bertz CT molecular complexity index is 961. The molecule has 0 radical (unpaired) electrons. The van der Waals surface area contributed by atoms with Gasteiger partial charge in [-0.25, -0.2) is 4.79 Å². The van der Waals surface area contributed by atoms with E-state index >= 15 is 0 Å². The van der Waals surface area contributed by atoms with E-state index in [0.29, 0.717) is 27.2 Å². The van der Waals surface area contributed by atoms with Crippen molar-refractivity contribution in [2.24, 2.45) is 0 Å². The fourth-order valence-corrected chi connectivity index (χ4v) is 3.28. The van der Waals surface area contributed by atoms with E-state index in [0.717, 1.165) is 0 Å². The zero-order valence-corrected chi connectivity index (χ0v) is 17.6. The van der Waals surface area contributed by atoms with Crippen LogP contribution in [-0.2, 0) is 34.8 Å². The number of nitrogens with one attached hydrogen (secondary N) is 1. The monoisotopic (exact) mass is 531 g/mol. The molecule has 1 amide bonds. The fraction of sp³-hybridized carbons (Fsp3) is 0.263. The summed E-state index contributed by atoms with van der Waals surface area (Å²) in [6.45, 7) is 0. The number of carbonyl (C=O) groups is 2. The quantitative estimate of drug-likeness (QED) is 0.483. The summed E-state index contributed by atoms with van der Waals surface area (Å²) >= 11 is 9.06. The maximum Gasteiger partial charge on any atom is 0.416 e. The zero-order valence-electron chi connectivity index (χ0n) is 15.2. The van der Waals surface area contributed by atoms with E-state index < -0.39 is 53.4 Å². The van der Waals surface area contributed by atoms with Gasteiger partial charge >= 0.3 is 18.3 Å². The number of carbonyl (C=O) groups excluding carboxylic acids is 1. The molecule has 0 saturated carbocycles. The van der Waals surface area contributed by atoms with Crippen LogP contribution in [0.5, 0.6) is 0 Å². The number of rotatable bonds is 6. The van der Waals surface area contributed by atoms with Crippen molar-refractivity contribution in [3.63, 3.8) is 0 Å². The molecule has 2 N–H and O–H groups in total. The molecular formula is C19H13BrClF6NO3. The normalized spacial score (nSPS) is 13.0. The van der Waals surface area contributed by atoms with Crippen LogP contribution in [0.2, 0.25) is 5.02 Å². The maximum atomic E-state index is 12.9. The fourth-order valence-electron chi connectivity index (χ4n) is 2.67. The van der Waals surface area contributed by atoms with Crippen molar-refractivity contribution in [3.05, 3.63) is 68.1 Å². The summed E-state index contributed by atoms with van der Waals surface area (Å²) in [6.07, 6.45) is -11.2. The Morgan fingerprint density at radius 1 is 1.00 bits per heavy atom. The molecule has 0 unspecified atom stereocenters. The molecule has 12 heteroatoms. The molecule has 0 bridgehead atoms. The van der Waals surface area contributed by atoms with Crippen LogP contribution >= 0.6 is 27.5 Å². The summed E-state index contributed by atoms with van der Waals surface area (Å²) < 4.78 is 78.2. The van der Waals surface area contributed by atoms with Gasteiger partial charge in [0.15, 0.2) is 0 Å². The molecule has 0 heterocycles. The summed E-state index contributed by atoms with van der Waals surface area (Å²) in [5, 5.41) is 11.8. The lowest BCUT2D eigenvalue weighted by Gasteiger charge is -2.17. The van der Waals surface area contributed by atoms with E-state index in [1.807, 2.05) is 0 Å². The summed E-state index contributed by atoms with van der Waals surface area (Å²) in [6, 6.07) is 3.83. The van der Waals surface area contributed by atoms with Crippen LogP contribution in [0.4, 0.5) is 26.3 Å². The summed E-state index contributed by atoms with van der Waals surface area (Å²) in [7, 11) is 0. The number of aliphatic carboxylic acids is 1. The average molecular weight is 533 g/mol. The number of amides is 1. The number of benzene rings is 2. The van der Waals surface area contributed by atoms with Gasteiger partial charge < -0.3 is 10.4 Å². The van der Waals surface area contributed by atoms with E-state index in [1.165, 1.54) is 12.1 Å². The molecular weight excluding hydrogens is 520 g/mol. The van der Waals surface area contributed by atoms with Crippen molar-refractivity contribution in [3.8, 4) is 0 Å². The van der Waals surface area contributed by atoms with Crippen LogP contribution in [0.15, 0.2) is 40.9 Å². The number of hydrogen-bond acceptors (Lipinski definition) is 2. The van der Waals surface area contributed by atoms with Crippen molar-refractivity contribution in [1.82, 2.24) is 5.32 Å². The molecule has 0 aliphatic heterocycles. The molecule has 31 heavy (non-hydrogen) atoms. The van der Waals surface area contributed by atoms with E-state index in [2.05, 4.69) is 21.2 Å². The van der Waals surface area contributed by atoms with Gasteiger partial charge in [0, 0.05) is 15.9 Å². The molecule has 0 spiro atoms. The van der Waals surface area contributed by atoms with Crippen LogP contribution in [-0.4, -0.2) is 23.0 Å². The molecule has 2 rings (SSSR count). The van der Waals surface area contributed by atoms with Gasteiger partial charge in [0.05, 0.1) is 17.5 Å². The molecule has 1 atom stereocenters. The van der Waals surface area contributed by atoms with Crippen LogP contribution < -0.4 is 5.32 Å². The molecule has 0 saturated heterocycles. The van der Waals surface area contributed by atoms with E-state index in [4.69, 9.17) is 11.6 Å². The first-order valence-electron chi connectivity index (χ1n) is 8.41. The van der Waals surface area contributed by atoms with Gasteiger partial charge in [-0.15, -0.1) is 0 Å². The Balaban J connectivity index is 2.24. The second-order valence-corrected chi connectivity index (χ2v) is 7.78. The Morgan fingerprint density at radius 3 is 2.03 bits per heavy atom. The van der Waals surface area contributed by atoms with E-state index in [1.54, 1.807) is 6.07 Å². The van der Waals surface area contributed by atoms with Gasteiger partial charge in [0.25, 0.3) is 0 Å². The highest BCUT2D eigenvalue weighted by molar-refractivity contribution is 9.10. The molecule has 0 aromatic heterocycles. The number of alkyl halides is 6. The van der Waals surface area contributed by atoms with Crippen molar-refractivity contribution < 1.29 is 41.0 Å². The maximum absolute atomic E-state index is 12.9. The molecule has 2 aromatic carbocycles. The van der Waals surface area contributed by atoms with Crippen molar-refractivity contribution >= 4 is 39.4 Å². The van der Waals surface area contributed by atoms with Gasteiger partial charge in [0.2, 0.25) is 5.91 Å².